The molecule has 4 N–H and O–H groups in total. The zero-order valence-corrected chi connectivity index (χ0v) is 8.98. The highest BCUT2D eigenvalue weighted by Gasteiger charge is 2.29. The second-order valence-electron chi connectivity index (χ2n) is 4.09. The Morgan fingerprint density at radius 2 is 1.71 bits per heavy atom. The summed E-state index contributed by atoms with van der Waals surface area (Å²) in [5, 5.41) is 36.2. The Kier molecular flexibility index (Phi) is 6.27. The lowest BCUT2D eigenvalue weighted by Crippen LogP contribution is -2.32. The normalized spacial score (nSPS) is 18.2. The lowest BCUT2D eigenvalue weighted by molar-refractivity contribution is -0.135. The SMILES string of the molecule is CCC(C)(CCC(O)CCO)C(O)O. The van der Waals surface area contributed by atoms with Crippen LogP contribution in [0.5, 0.6) is 0 Å². The standard InChI is InChI=1S/C10H22O4/c1-3-10(2,9(13)14)6-4-8(12)5-7-11/h8-9,11-14H,3-7H2,1-2H3. The van der Waals surface area contributed by atoms with Crippen LogP contribution in [-0.4, -0.2) is 39.4 Å². The van der Waals surface area contributed by atoms with E-state index in [1.165, 1.54) is 0 Å². The third-order valence-electron chi connectivity index (χ3n) is 2.94. The molecule has 0 aromatic rings. The quantitative estimate of drug-likeness (QED) is 0.450. The number of aliphatic hydroxyl groups excluding tert-OH is 3. The van der Waals surface area contributed by atoms with Crippen molar-refractivity contribution >= 4 is 0 Å². The van der Waals surface area contributed by atoms with E-state index in [1.807, 2.05) is 6.92 Å². The molecule has 0 rings (SSSR count). The van der Waals surface area contributed by atoms with Crippen molar-refractivity contribution in [2.24, 2.45) is 5.41 Å². The molecule has 0 saturated carbocycles. The van der Waals surface area contributed by atoms with Gasteiger partial charge in [0.2, 0.25) is 0 Å². The van der Waals surface area contributed by atoms with Crippen LogP contribution in [0, 0.1) is 5.41 Å². The molecular formula is C10H22O4. The summed E-state index contributed by atoms with van der Waals surface area (Å²) in [6, 6.07) is 0. The molecule has 0 amide bonds. The molecule has 14 heavy (non-hydrogen) atoms. The van der Waals surface area contributed by atoms with Crippen LogP contribution in [-0.2, 0) is 0 Å². The first-order valence-electron chi connectivity index (χ1n) is 5.11. The number of hydrogen-bond donors (Lipinski definition) is 4. The van der Waals surface area contributed by atoms with Crippen molar-refractivity contribution in [3.8, 4) is 0 Å². The van der Waals surface area contributed by atoms with Crippen LogP contribution >= 0.6 is 0 Å². The largest absolute Gasteiger partial charge is 0.396 e. The molecule has 0 heterocycles. The average molecular weight is 206 g/mol. The summed E-state index contributed by atoms with van der Waals surface area (Å²) in [4.78, 5) is 0. The summed E-state index contributed by atoms with van der Waals surface area (Å²) in [5.74, 6) is 0. The Morgan fingerprint density at radius 3 is 2.07 bits per heavy atom. The van der Waals surface area contributed by atoms with Crippen molar-refractivity contribution in [3.05, 3.63) is 0 Å². The van der Waals surface area contributed by atoms with Crippen molar-refractivity contribution < 1.29 is 20.4 Å². The van der Waals surface area contributed by atoms with Crippen LogP contribution < -0.4 is 0 Å². The van der Waals surface area contributed by atoms with E-state index in [0.29, 0.717) is 25.7 Å². The zero-order valence-electron chi connectivity index (χ0n) is 8.98. The molecule has 0 aliphatic rings. The summed E-state index contributed by atoms with van der Waals surface area (Å²) in [5.41, 5.74) is -0.559. The molecule has 0 aromatic carbocycles. The maximum Gasteiger partial charge on any atom is 0.156 e. The zero-order chi connectivity index (χ0) is 11.2. The van der Waals surface area contributed by atoms with Crippen LogP contribution in [0.4, 0.5) is 0 Å². The van der Waals surface area contributed by atoms with E-state index in [2.05, 4.69) is 0 Å². The predicted octanol–water partition coefficient (Wildman–Crippen LogP) is 0.237. The van der Waals surface area contributed by atoms with Gasteiger partial charge < -0.3 is 20.4 Å². The van der Waals surface area contributed by atoms with Gasteiger partial charge in [0.15, 0.2) is 6.29 Å². The fraction of sp³-hybridized carbons (Fsp3) is 1.00. The van der Waals surface area contributed by atoms with Crippen LogP contribution in [0.2, 0.25) is 0 Å². The third-order valence-corrected chi connectivity index (χ3v) is 2.94. The summed E-state index contributed by atoms with van der Waals surface area (Å²) >= 11 is 0. The minimum Gasteiger partial charge on any atom is -0.396 e. The first kappa shape index (κ1) is 13.8. The van der Waals surface area contributed by atoms with Crippen LogP contribution in [0.25, 0.3) is 0 Å². The topological polar surface area (TPSA) is 80.9 Å². The molecule has 0 bridgehead atoms. The second-order valence-corrected chi connectivity index (χ2v) is 4.09. The van der Waals surface area contributed by atoms with E-state index in [-0.39, 0.29) is 6.61 Å². The highest BCUT2D eigenvalue weighted by molar-refractivity contribution is 4.76. The predicted molar refractivity (Wildman–Crippen MR) is 53.6 cm³/mol. The van der Waals surface area contributed by atoms with E-state index in [9.17, 15) is 5.11 Å². The molecule has 0 saturated heterocycles. The van der Waals surface area contributed by atoms with Crippen molar-refractivity contribution in [2.45, 2.75) is 51.9 Å². The fourth-order valence-electron chi connectivity index (χ4n) is 1.28. The number of aliphatic hydroxyl groups is 4. The minimum absolute atomic E-state index is 0.0360. The molecule has 0 spiro atoms. The monoisotopic (exact) mass is 206 g/mol. The van der Waals surface area contributed by atoms with Gasteiger partial charge in [0, 0.05) is 12.0 Å². The average Bonchev–Trinajstić information content (AvgIpc) is 2.14. The molecule has 0 fully saturated rings. The van der Waals surface area contributed by atoms with Crippen molar-refractivity contribution in [2.75, 3.05) is 6.61 Å². The summed E-state index contributed by atoms with van der Waals surface area (Å²) in [7, 11) is 0. The highest BCUT2D eigenvalue weighted by atomic mass is 16.5. The van der Waals surface area contributed by atoms with E-state index in [1.54, 1.807) is 6.92 Å². The Hall–Kier alpha value is -0.160. The van der Waals surface area contributed by atoms with Crippen LogP contribution in [0.3, 0.4) is 0 Å². The summed E-state index contributed by atoms with van der Waals surface area (Å²) in [6.45, 7) is 3.63. The van der Waals surface area contributed by atoms with E-state index in [0.717, 1.165) is 0 Å². The smallest absolute Gasteiger partial charge is 0.156 e. The highest BCUT2D eigenvalue weighted by Crippen LogP contribution is 2.31. The van der Waals surface area contributed by atoms with Gasteiger partial charge in [-0.05, 0) is 25.7 Å². The van der Waals surface area contributed by atoms with E-state index >= 15 is 0 Å². The van der Waals surface area contributed by atoms with Gasteiger partial charge >= 0.3 is 0 Å². The molecule has 2 unspecified atom stereocenters. The van der Waals surface area contributed by atoms with E-state index in [4.69, 9.17) is 15.3 Å². The van der Waals surface area contributed by atoms with Gasteiger partial charge in [-0.25, -0.2) is 0 Å². The van der Waals surface area contributed by atoms with Crippen LogP contribution in [0.15, 0.2) is 0 Å². The van der Waals surface area contributed by atoms with Crippen molar-refractivity contribution in [1.82, 2.24) is 0 Å². The van der Waals surface area contributed by atoms with Gasteiger partial charge in [-0.2, -0.15) is 0 Å². The molecule has 4 heteroatoms. The third kappa shape index (κ3) is 4.37. The molecule has 0 aromatic heterocycles. The lowest BCUT2D eigenvalue weighted by atomic mass is 9.81. The molecule has 0 aliphatic carbocycles. The lowest BCUT2D eigenvalue weighted by Gasteiger charge is -2.30. The summed E-state index contributed by atoms with van der Waals surface area (Å²) < 4.78 is 0. The molecule has 0 aliphatic heterocycles. The van der Waals surface area contributed by atoms with E-state index < -0.39 is 17.8 Å². The van der Waals surface area contributed by atoms with Gasteiger partial charge in [0.25, 0.3) is 0 Å². The summed E-state index contributed by atoms with van der Waals surface area (Å²) in [6.07, 6.45) is 0.126. The maximum absolute atomic E-state index is 9.37. The molecular weight excluding hydrogens is 184 g/mol. The Labute approximate surface area is 85.2 Å². The second kappa shape index (κ2) is 6.35. The van der Waals surface area contributed by atoms with Crippen molar-refractivity contribution in [1.29, 1.82) is 0 Å². The first-order chi connectivity index (χ1) is 6.46. The Bertz CT molecular complexity index is 149. The minimum atomic E-state index is -1.35. The van der Waals surface area contributed by atoms with Crippen LogP contribution in [0.1, 0.15) is 39.5 Å². The molecule has 4 nitrogen and oxygen atoms in total. The van der Waals surface area contributed by atoms with Gasteiger partial charge in [-0.3, -0.25) is 0 Å². The maximum atomic E-state index is 9.37. The number of hydrogen-bond acceptors (Lipinski definition) is 4. The van der Waals surface area contributed by atoms with Gasteiger partial charge in [-0.15, -0.1) is 0 Å². The molecule has 2 atom stereocenters. The molecule has 0 radical (unpaired) electrons. The Morgan fingerprint density at radius 1 is 1.14 bits per heavy atom. The first-order valence-corrected chi connectivity index (χ1v) is 5.11. The van der Waals surface area contributed by atoms with Gasteiger partial charge in [-0.1, -0.05) is 13.8 Å². The molecule has 86 valence electrons. The van der Waals surface area contributed by atoms with Crippen molar-refractivity contribution in [3.63, 3.8) is 0 Å². The fourth-order valence-corrected chi connectivity index (χ4v) is 1.28. The Balaban J connectivity index is 3.95. The number of rotatable bonds is 7. The van der Waals surface area contributed by atoms with Gasteiger partial charge in [0.05, 0.1) is 6.10 Å². The van der Waals surface area contributed by atoms with Gasteiger partial charge in [0.1, 0.15) is 0 Å².